The molecule has 7 nitrogen and oxygen atoms in total. The van der Waals surface area contributed by atoms with Gasteiger partial charge in [0.25, 0.3) is 0 Å². The Balaban J connectivity index is 4.32. The highest BCUT2D eigenvalue weighted by molar-refractivity contribution is 7.55. The van der Waals surface area contributed by atoms with E-state index in [2.05, 4.69) is 5.32 Å². The highest BCUT2D eigenvalue weighted by atomic mass is 31.2. The van der Waals surface area contributed by atoms with E-state index in [0.717, 1.165) is 0 Å². The molecule has 0 aromatic rings. The molecule has 0 saturated carbocycles. The van der Waals surface area contributed by atoms with E-state index in [1.165, 1.54) is 0 Å². The average molecular weight is 337 g/mol. The van der Waals surface area contributed by atoms with Crippen molar-refractivity contribution in [3.8, 4) is 0 Å². The molecular weight excluding hydrogens is 309 g/mol. The van der Waals surface area contributed by atoms with E-state index in [9.17, 15) is 14.2 Å². The molecule has 1 unspecified atom stereocenters. The van der Waals surface area contributed by atoms with Crippen LogP contribution in [0.1, 0.15) is 47.5 Å². The average Bonchev–Trinajstić information content (AvgIpc) is 2.37. The number of alkyl carbamates (subject to hydrolysis) is 1. The van der Waals surface area contributed by atoms with Gasteiger partial charge in [-0.3, -0.25) is 4.57 Å². The SMILES string of the molecule is CCOP(=O)(OCC)C(C=O)CCCNC(=O)OC(C)(C)C. The zero-order valence-electron chi connectivity index (χ0n) is 14.1. The van der Waals surface area contributed by atoms with Gasteiger partial charge in [-0.05, 0) is 47.5 Å². The molecule has 0 aromatic heterocycles. The van der Waals surface area contributed by atoms with E-state index in [4.69, 9.17) is 13.8 Å². The summed E-state index contributed by atoms with van der Waals surface area (Å²) in [6.07, 6.45) is 0.844. The van der Waals surface area contributed by atoms with Crippen LogP contribution in [0.4, 0.5) is 4.79 Å². The third-order valence-corrected chi connectivity index (χ3v) is 4.95. The summed E-state index contributed by atoms with van der Waals surface area (Å²) >= 11 is 0. The van der Waals surface area contributed by atoms with Crippen molar-refractivity contribution in [1.82, 2.24) is 5.32 Å². The lowest BCUT2D eigenvalue weighted by atomic mass is 10.2. The third-order valence-electron chi connectivity index (χ3n) is 2.53. The Morgan fingerprint density at radius 2 is 1.77 bits per heavy atom. The summed E-state index contributed by atoms with van der Waals surface area (Å²) in [5.74, 6) is 0. The molecular formula is C14H28NO6P. The van der Waals surface area contributed by atoms with Gasteiger partial charge in [0.1, 0.15) is 17.5 Å². The zero-order valence-corrected chi connectivity index (χ0v) is 15.0. The standard InChI is InChI=1S/C14H28NO6P/c1-6-19-22(18,20-7-2)12(11-16)9-8-10-15-13(17)21-14(3,4)5/h11-12H,6-10H2,1-5H3,(H,15,17). The minimum Gasteiger partial charge on any atom is -0.444 e. The molecule has 22 heavy (non-hydrogen) atoms. The molecule has 0 aliphatic rings. The number of carbonyl (C=O) groups is 2. The first-order valence-corrected chi connectivity index (χ1v) is 9.10. The number of carbonyl (C=O) groups excluding carboxylic acids is 2. The zero-order chi connectivity index (χ0) is 17.2. The van der Waals surface area contributed by atoms with Crippen molar-refractivity contribution in [3.05, 3.63) is 0 Å². The fraction of sp³-hybridized carbons (Fsp3) is 0.857. The van der Waals surface area contributed by atoms with Crippen LogP contribution >= 0.6 is 7.60 Å². The maximum absolute atomic E-state index is 12.5. The Morgan fingerprint density at radius 1 is 1.23 bits per heavy atom. The molecule has 0 aliphatic carbocycles. The van der Waals surface area contributed by atoms with E-state index >= 15 is 0 Å². The molecule has 1 amide bonds. The maximum atomic E-state index is 12.5. The Bertz CT molecular complexity index is 383. The predicted molar refractivity (Wildman–Crippen MR) is 84.2 cm³/mol. The highest BCUT2D eigenvalue weighted by Gasteiger charge is 2.34. The number of rotatable bonds is 10. The molecule has 0 aliphatic heterocycles. The Kier molecular flexibility index (Phi) is 9.56. The molecule has 0 rings (SSSR count). The molecule has 0 bridgehead atoms. The fourth-order valence-electron chi connectivity index (χ4n) is 1.71. The molecule has 0 radical (unpaired) electrons. The van der Waals surface area contributed by atoms with Crippen LogP contribution in [-0.4, -0.2) is 43.4 Å². The monoisotopic (exact) mass is 337 g/mol. The number of aldehydes is 1. The molecule has 0 heterocycles. The van der Waals surface area contributed by atoms with Crippen molar-refractivity contribution in [1.29, 1.82) is 0 Å². The van der Waals surface area contributed by atoms with Crippen LogP contribution < -0.4 is 5.32 Å². The molecule has 0 spiro atoms. The van der Waals surface area contributed by atoms with Gasteiger partial charge >= 0.3 is 13.7 Å². The first-order valence-electron chi connectivity index (χ1n) is 7.49. The number of hydrogen-bond acceptors (Lipinski definition) is 6. The maximum Gasteiger partial charge on any atom is 0.407 e. The second-order valence-electron chi connectivity index (χ2n) is 5.65. The third kappa shape index (κ3) is 8.51. The van der Waals surface area contributed by atoms with Gasteiger partial charge in [0.05, 0.1) is 13.2 Å². The molecule has 0 aromatic carbocycles. The Morgan fingerprint density at radius 3 is 2.18 bits per heavy atom. The first-order chi connectivity index (χ1) is 10.2. The second kappa shape index (κ2) is 9.98. The van der Waals surface area contributed by atoms with Crippen molar-refractivity contribution >= 4 is 20.0 Å². The number of ether oxygens (including phenoxy) is 1. The second-order valence-corrected chi connectivity index (χ2v) is 7.91. The van der Waals surface area contributed by atoms with Crippen molar-refractivity contribution in [3.63, 3.8) is 0 Å². The minimum absolute atomic E-state index is 0.206. The predicted octanol–water partition coefficient (Wildman–Crippen LogP) is 3.12. The molecule has 0 fully saturated rings. The summed E-state index contributed by atoms with van der Waals surface area (Å²) in [5, 5.41) is 2.59. The van der Waals surface area contributed by atoms with E-state index in [1.54, 1.807) is 34.6 Å². The molecule has 130 valence electrons. The summed E-state index contributed by atoms with van der Waals surface area (Å²) in [7, 11) is -3.44. The lowest BCUT2D eigenvalue weighted by Crippen LogP contribution is -2.33. The van der Waals surface area contributed by atoms with Gasteiger partial charge in [0, 0.05) is 6.54 Å². The Hall–Kier alpha value is -0.910. The number of nitrogens with one attached hydrogen (secondary N) is 1. The van der Waals surface area contributed by atoms with Crippen molar-refractivity contribution in [2.75, 3.05) is 19.8 Å². The van der Waals surface area contributed by atoms with Crippen LogP contribution in [0, 0.1) is 0 Å². The fourth-order valence-corrected chi connectivity index (χ4v) is 3.53. The van der Waals surface area contributed by atoms with Gasteiger partial charge < -0.3 is 23.9 Å². The van der Waals surface area contributed by atoms with Crippen LogP contribution in [0.25, 0.3) is 0 Å². The number of amides is 1. The molecule has 1 atom stereocenters. The van der Waals surface area contributed by atoms with E-state index in [-0.39, 0.29) is 13.2 Å². The van der Waals surface area contributed by atoms with E-state index in [1.807, 2.05) is 0 Å². The van der Waals surface area contributed by atoms with Gasteiger partial charge in [-0.2, -0.15) is 0 Å². The minimum atomic E-state index is -3.44. The van der Waals surface area contributed by atoms with E-state index < -0.39 is 24.9 Å². The summed E-state index contributed by atoms with van der Waals surface area (Å²) in [5.41, 5.74) is -1.39. The van der Waals surface area contributed by atoms with Crippen molar-refractivity contribution in [2.24, 2.45) is 0 Å². The summed E-state index contributed by atoms with van der Waals surface area (Å²) < 4.78 is 27.9. The van der Waals surface area contributed by atoms with Crippen molar-refractivity contribution in [2.45, 2.75) is 58.7 Å². The van der Waals surface area contributed by atoms with Crippen LogP contribution in [0.3, 0.4) is 0 Å². The molecule has 0 saturated heterocycles. The van der Waals surface area contributed by atoms with Gasteiger partial charge in [-0.1, -0.05) is 0 Å². The van der Waals surface area contributed by atoms with Gasteiger partial charge in [-0.15, -0.1) is 0 Å². The Labute approximate surface area is 132 Å². The molecule has 1 N–H and O–H groups in total. The smallest absolute Gasteiger partial charge is 0.407 e. The van der Waals surface area contributed by atoms with Crippen LogP contribution in [0.2, 0.25) is 0 Å². The van der Waals surface area contributed by atoms with Crippen LogP contribution in [0.5, 0.6) is 0 Å². The van der Waals surface area contributed by atoms with Crippen molar-refractivity contribution < 1.29 is 27.9 Å². The largest absolute Gasteiger partial charge is 0.444 e. The normalized spacial score (nSPS) is 13.5. The molecule has 8 heteroatoms. The first kappa shape index (κ1) is 21.1. The summed E-state index contributed by atoms with van der Waals surface area (Å²) in [4.78, 5) is 22.6. The lowest BCUT2D eigenvalue weighted by Gasteiger charge is -2.22. The van der Waals surface area contributed by atoms with E-state index in [0.29, 0.717) is 25.7 Å². The lowest BCUT2D eigenvalue weighted by molar-refractivity contribution is -0.108. The van der Waals surface area contributed by atoms with Gasteiger partial charge in [0.15, 0.2) is 0 Å². The van der Waals surface area contributed by atoms with Crippen LogP contribution in [0.15, 0.2) is 0 Å². The topological polar surface area (TPSA) is 90.9 Å². The summed E-state index contributed by atoms with van der Waals surface area (Å²) in [6, 6.07) is 0. The number of hydrogen-bond donors (Lipinski definition) is 1. The van der Waals surface area contributed by atoms with Gasteiger partial charge in [-0.25, -0.2) is 4.79 Å². The quantitative estimate of drug-likeness (QED) is 0.374. The summed E-state index contributed by atoms with van der Waals surface area (Å²) in [6.45, 7) is 9.43. The van der Waals surface area contributed by atoms with Gasteiger partial charge in [0.2, 0.25) is 0 Å². The highest BCUT2D eigenvalue weighted by Crippen LogP contribution is 2.53. The van der Waals surface area contributed by atoms with Crippen LogP contribution in [-0.2, 0) is 23.1 Å².